The molecule has 0 aliphatic heterocycles. The number of allylic oxidation sites excluding steroid dienone is 1. The summed E-state index contributed by atoms with van der Waals surface area (Å²) in [7, 11) is 0. The lowest BCUT2D eigenvalue weighted by Crippen LogP contribution is -2.21. The van der Waals surface area contributed by atoms with E-state index in [0.29, 0.717) is 16.8 Å². The molecule has 0 aromatic heterocycles. The zero-order valence-corrected chi connectivity index (χ0v) is 8.97. The molecule has 0 bridgehead atoms. The van der Waals surface area contributed by atoms with Crippen molar-refractivity contribution in [3.05, 3.63) is 11.6 Å². The van der Waals surface area contributed by atoms with Crippen molar-refractivity contribution in [2.75, 3.05) is 5.88 Å². The standard InChI is InChI=1S/C9H16Cl2/c1-7(11)5-8(6-10)9(2,3)4/h8H,1,5-6H2,2-4H3. The molecular weight excluding hydrogens is 179 g/mol. The molecule has 1 atom stereocenters. The monoisotopic (exact) mass is 194 g/mol. The van der Waals surface area contributed by atoms with Gasteiger partial charge in [0.25, 0.3) is 0 Å². The van der Waals surface area contributed by atoms with Gasteiger partial charge in [0.05, 0.1) is 0 Å². The molecule has 0 rings (SSSR count). The first-order valence-corrected chi connectivity index (χ1v) is 4.68. The third kappa shape index (κ3) is 4.71. The molecule has 0 heterocycles. The fourth-order valence-corrected chi connectivity index (χ4v) is 1.62. The highest BCUT2D eigenvalue weighted by Gasteiger charge is 2.23. The Labute approximate surface area is 79.6 Å². The predicted octanol–water partition coefficient (Wildman–Crippen LogP) is 4.03. The Morgan fingerprint density at radius 1 is 1.45 bits per heavy atom. The maximum absolute atomic E-state index is 5.80. The molecule has 0 aliphatic rings. The topological polar surface area (TPSA) is 0 Å². The molecule has 0 saturated carbocycles. The van der Waals surface area contributed by atoms with E-state index < -0.39 is 0 Å². The van der Waals surface area contributed by atoms with Crippen LogP contribution < -0.4 is 0 Å². The van der Waals surface area contributed by atoms with Crippen LogP contribution in [0, 0.1) is 11.3 Å². The SMILES string of the molecule is C=C(Cl)CC(CCl)C(C)(C)C. The molecule has 66 valence electrons. The number of halogens is 2. The van der Waals surface area contributed by atoms with Crippen molar-refractivity contribution >= 4 is 23.2 Å². The first-order valence-electron chi connectivity index (χ1n) is 3.77. The van der Waals surface area contributed by atoms with Crippen molar-refractivity contribution < 1.29 is 0 Å². The third-order valence-electron chi connectivity index (χ3n) is 1.88. The lowest BCUT2D eigenvalue weighted by Gasteiger charge is -2.28. The van der Waals surface area contributed by atoms with Gasteiger partial charge in [-0.25, -0.2) is 0 Å². The second-order valence-electron chi connectivity index (χ2n) is 3.94. The zero-order chi connectivity index (χ0) is 9.07. The van der Waals surface area contributed by atoms with E-state index in [-0.39, 0.29) is 5.41 Å². The minimum atomic E-state index is 0.222. The van der Waals surface area contributed by atoms with Crippen LogP contribution in [-0.4, -0.2) is 5.88 Å². The van der Waals surface area contributed by atoms with Gasteiger partial charge in [-0.1, -0.05) is 39.0 Å². The van der Waals surface area contributed by atoms with Crippen LogP contribution in [0.15, 0.2) is 11.6 Å². The van der Waals surface area contributed by atoms with Gasteiger partial charge in [-0.2, -0.15) is 0 Å². The molecule has 0 nitrogen and oxygen atoms in total. The normalized spacial score (nSPS) is 14.6. The minimum Gasteiger partial charge on any atom is -0.126 e. The van der Waals surface area contributed by atoms with Gasteiger partial charge in [-0.15, -0.1) is 11.6 Å². The fourth-order valence-electron chi connectivity index (χ4n) is 0.860. The van der Waals surface area contributed by atoms with E-state index in [1.165, 1.54) is 0 Å². The van der Waals surface area contributed by atoms with Crippen LogP contribution in [0.1, 0.15) is 27.2 Å². The van der Waals surface area contributed by atoms with Crippen molar-refractivity contribution in [2.24, 2.45) is 11.3 Å². The van der Waals surface area contributed by atoms with Crippen molar-refractivity contribution in [1.29, 1.82) is 0 Å². The van der Waals surface area contributed by atoms with Gasteiger partial charge in [-0.05, 0) is 17.8 Å². The smallest absolute Gasteiger partial charge is 0.0260 e. The van der Waals surface area contributed by atoms with Crippen LogP contribution in [0.2, 0.25) is 0 Å². The molecule has 0 saturated heterocycles. The van der Waals surface area contributed by atoms with E-state index in [0.717, 1.165) is 6.42 Å². The van der Waals surface area contributed by atoms with E-state index in [2.05, 4.69) is 27.4 Å². The van der Waals surface area contributed by atoms with Crippen LogP contribution in [-0.2, 0) is 0 Å². The van der Waals surface area contributed by atoms with Gasteiger partial charge in [0, 0.05) is 10.9 Å². The van der Waals surface area contributed by atoms with Gasteiger partial charge < -0.3 is 0 Å². The van der Waals surface area contributed by atoms with E-state index in [1.54, 1.807) is 0 Å². The van der Waals surface area contributed by atoms with Gasteiger partial charge >= 0.3 is 0 Å². The molecule has 0 radical (unpaired) electrons. The van der Waals surface area contributed by atoms with E-state index in [9.17, 15) is 0 Å². The van der Waals surface area contributed by atoms with Crippen LogP contribution in [0.5, 0.6) is 0 Å². The molecule has 0 aliphatic carbocycles. The Morgan fingerprint density at radius 3 is 2.00 bits per heavy atom. The molecule has 0 N–H and O–H groups in total. The second kappa shape index (κ2) is 4.37. The number of hydrogen-bond acceptors (Lipinski definition) is 0. The molecule has 0 fully saturated rings. The largest absolute Gasteiger partial charge is 0.126 e. The van der Waals surface area contributed by atoms with Gasteiger partial charge in [0.1, 0.15) is 0 Å². The van der Waals surface area contributed by atoms with E-state index in [1.807, 2.05) is 0 Å². The van der Waals surface area contributed by atoms with Crippen LogP contribution >= 0.6 is 23.2 Å². The summed E-state index contributed by atoms with van der Waals surface area (Å²) in [4.78, 5) is 0. The minimum absolute atomic E-state index is 0.222. The summed E-state index contributed by atoms with van der Waals surface area (Å²) in [6.07, 6.45) is 0.814. The summed E-state index contributed by atoms with van der Waals surface area (Å²) in [6.45, 7) is 10.2. The lowest BCUT2D eigenvalue weighted by molar-refractivity contribution is 0.266. The third-order valence-corrected chi connectivity index (χ3v) is 2.41. The Bertz CT molecular complexity index is 133. The molecule has 0 amide bonds. The lowest BCUT2D eigenvalue weighted by atomic mass is 9.80. The van der Waals surface area contributed by atoms with Crippen LogP contribution in [0.4, 0.5) is 0 Å². The van der Waals surface area contributed by atoms with Crippen molar-refractivity contribution in [1.82, 2.24) is 0 Å². The van der Waals surface area contributed by atoms with Gasteiger partial charge in [0.15, 0.2) is 0 Å². The Kier molecular flexibility index (Phi) is 4.50. The van der Waals surface area contributed by atoms with Crippen LogP contribution in [0.25, 0.3) is 0 Å². The summed E-state index contributed by atoms with van der Waals surface area (Å²) in [5.74, 6) is 1.07. The summed E-state index contributed by atoms with van der Waals surface area (Å²) in [5.41, 5.74) is 0.222. The van der Waals surface area contributed by atoms with Crippen molar-refractivity contribution in [3.8, 4) is 0 Å². The molecular formula is C9H16Cl2. The van der Waals surface area contributed by atoms with E-state index in [4.69, 9.17) is 23.2 Å². The summed E-state index contributed by atoms with van der Waals surface area (Å²) < 4.78 is 0. The number of hydrogen-bond donors (Lipinski definition) is 0. The average Bonchev–Trinajstić information content (AvgIpc) is 1.79. The highest BCUT2D eigenvalue weighted by atomic mass is 35.5. The average molecular weight is 195 g/mol. The first-order chi connectivity index (χ1) is 4.88. The molecule has 1 unspecified atom stereocenters. The van der Waals surface area contributed by atoms with Gasteiger partial charge in [0.2, 0.25) is 0 Å². The molecule has 0 aromatic carbocycles. The molecule has 2 heteroatoms. The molecule has 11 heavy (non-hydrogen) atoms. The highest BCUT2D eigenvalue weighted by Crippen LogP contribution is 2.32. The zero-order valence-electron chi connectivity index (χ0n) is 7.45. The number of alkyl halides is 1. The first kappa shape index (κ1) is 11.3. The summed E-state index contributed by atoms with van der Waals surface area (Å²) in [6, 6.07) is 0. The highest BCUT2D eigenvalue weighted by molar-refractivity contribution is 6.29. The summed E-state index contributed by atoms with van der Waals surface area (Å²) in [5, 5.41) is 0.700. The predicted molar refractivity (Wildman–Crippen MR) is 53.3 cm³/mol. The van der Waals surface area contributed by atoms with Crippen molar-refractivity contribution in [2.45, 2.75) is 27.2 Å². The van der Waals surface area contributed by atoms with Gasteiger partial charge in [-0.3, -0.25) is 0 Å². The quantitative estimate of drug-likeness (QED) is 0.596. The Balaban J connectivity index is 4.07. The maximum atomic E-state index is 5.80. The van der Waals surface area contributed by atoms with Crippen molar-refractivity contribution in [3.63, 3.8) is 0 Å². The molecule has 0 spiro atoms. The maximum Gasteiger partial charge on any atom is 0.0260 e. The summed E-state index contributed by atoms with van der Waals surface area (Å²) >= 11 is 11.5. The number of rotatable bonds is 3. The fraction of sp³-hybridized carbons (Fsp3) is 0.778. The Morgan fingerprint density at radius 2 is 1.91 bits per heavy atom. The van der Waals surface area contributed by atoms with Crippen LogP contribution in [0.3, 0.4) is 0 Å². The second-order valence-corrected chi connectivity index (χ2v) is 4.78. The molecule has 0 aromatic rings. The van der Waals surface area contributed by atoms with E-state index >= 15 is 0 Å². The Hall–Kier alpha value is 0.320.